The number of fused-ring (bicyclic) bond motifs is 1. The Hall–Kier alpha value is -3.06. The summed E-state index contributed by atoms with van der Waals surface area (Å²) < 4.78 is 13.2. The molecule has 1 aliphatic heterocycles. The zero-order valence-electron chi connectivity index (χ0n) is 18.1. The maximum absolute atomic E-state index is 13.6. The van der Waals surface area contributed by atoms with Crippen LogP contribution in [0.2, 0.25) is 0 Å². The minimum absolute atomic E-state index is 0.0664. The molecular formula is C24H28N4O3. The van der Waals surface area contributed by atoms with Crippen molar-refractivity contribution in [3.05, 3.63) is 64.1 Å². The number of para-hydroxylation sites is 1. The molecular weight excluding hydrogens is 392 g/mol. The molecule has 0 spiro atoms. The molecule has 1 N–H and O–H groups in total. The van der Waals surface area contributed by atoms with E-state index in [1.807, 2.05) is 29.0 Å². The second kappa shape index (κ2) is 8.23. The summed E-state index contributed by atoms with van der Waals surface area (Å²) in [5, 5.41) is 0. The van der Waals surface area contributed by atoms with Gasteiger partial charge >= 0.3 is 0 Å². The van der Waals surface area contributed by atoms with E-state index >= 15 is 0 Å². The van der Waals surface area contributed by atoms with Gasteiger partial charge < -0.3 is 19.0 Å². The van der Waals surface area contributed by atoms with E-state index in [2.05, 4.69) is 20.9 Å². The van der Waals surface area contributed by atoms with Gasteiger partial charge in [0.05, 0.1) is 26.3 Å². The Labute approximate surface area is 181 Å². The first-order valence-corrected chi connectivity index (χ1v) is 10.9. The van der Waals surface area contributed by atoms with Gasteiger partial charge in [0.1, 0.15) is 5.82 Å². The van der Waals surface area contributed by atoms with Crippen molar-refractivity contribution in [2.24, 2.45) is 5.92 Å². The first-order valence-electron chi connectivity index (χ1n) is 10.9. The molecule has 2 aliphatic rings. The monoisotopic (exact) mass is 420 g/mol. The highest BCUT2D eigenvalue weighted by Crippen LogP contribution is 2.38. The average molecular weight is 421 g/mol. The zero-order chi connectivity index (χ0) is 21.4. The maximum Gasteiger partial charge on any atom is 0.258 e. The third kappa shape index (κ3) is 3.85. The van der Waals surface area contributed by atoms with E-state index in [-0.39, 0.29) is 5.56 Å². The number of nitrogens with zero attached hydrogens (tertiary/aromatic N) is 3. The van der Waals surface area contributed by atoms with Crippen molar-refractivity contribution >= 4 is 0 Å². The van der Waals surface area contributed by atoms with Gasteiger partial charge in [0.2, 0.25) is 0 Å². The standard InChI is InChI=1S/C24H28N4O3/c1-30-21-5-3-4-18(23(21)31-2)19-12-17-14-27(15-22-25-9-10-26-22)11-8-20(17)28(24(19)29)13-16-6-7-16/h3-5,9-10,12,16H,6-8,11,13-15H2,1-2H3,(H,25,26). The fourth-order valence-electron chi connectivity index (χ4n) is 4.55. The smallest absolute Gasteiger partial charge is 0.258 e. The fourth-order valence-corrected chi connectivity index (χ4v) is 4.55. The fraction of sp³-hybridized carbons (Fsp3) is 0.417. The summed E-state index contributed by atoms with van der Waals surface area (Å²) in [5.41, 5.74) is 3.91. The largest absolute Gasteiger partial charge is 0.493 e. The number of aromatic nitrogens is 3. The van der Waals surface area contributed by atoms with Crippen LogP contribution in [0.5, 0.6) is 11.5 Å². The number of H-pyrrole nitrogens is 1. The minimum Gasteiger partial charge on any atom is -0.493 e. The molecule has 3 aromatic rings. The van der Waals surface area contributed by atoms with E-state index in [9.17, 15) is 4.79 Å². The Kier molecular flexibility index (Phi) is 5.28. The third-order valence-electron chi connectivity index (χ3n) is 6.31. The molecule has 0 radical (unpaired) electrons. The lowest BCUT2D eigenvalue weighted by Crippen LogP contribution is -2.36. The van der Waals surface area contributed by atoms with Crippen LogP contribution in [0.15, 0.2) is 41.5 Å². The number of aromatic amines is 1. The second-order valence-electron chi connectivity index (χ2n) is 8.43. The van der Waals surface area contributed by atoms with Crippen molar-refractivity contribution in [2.75, 3.05) is 20.8 Å². The summed E-state index contributed by atoms with van der Waals surface area (Å²) in [7, 11) is 3.24. The number of benzene rings is 1. The Morgan fingerprint density at radius 3 is 2.77 bits per heavy atom. The molecule has 1 fully saturated rings. The topological polar surface area (TPSA) is 72.4 Å². The quantitative estimate of drug-likeness (QED) is 0.635. The van der Waals surface area contributed by atoms with Crippen molar-refractivity contribution < 1.29 is 9.47 Å². The molecule has 0 unspecified atom stereocenters. The lowest BCUT2D eigenvalue weighted by atomic mass is 9.98. The summed E-state index contributed by atoms with van der Waals surface area (Å²) in [4.78, 5) is 23.6. The average Bonchev–Trinajstić information content (AvgIpc) is 3.47. The molecule has 7 nitrogen and oxygen atoms in total. The maximum atomic E-state index is 13.6. The Balaban J connectivity index is 1.59. The van der Waals surface area contributed by atoms with Gasteiger partial charge in [-0.15, -0.1) is 0 Å². The van der Waals surface area contributed by atoms with Crippen LogP contribution < -0.4 is 15.0 Å². The van der Waals surface area contributed by atoms with E-state index < -0.39 is 0 Å². The summed E-state index contributed by atoms with van der Waals surface area (Å²) in [6.45, 7) is 3.28. The number of methoxy groups -OCH3 is 2. The van der Waals surface area contributed by atoms with E-state index in [1.165, 1.54) is 24.1 Å². The van der Waals surface area contributed by atoms with Gasteiger partial charge in [0.15, 0.2) is 11.5 Å². The number of imidazole rings is 1. The number of rotatable bonds is 7. The first kappa shape index (κ1) is 19.9. The van der Waals surface area contributed by atoms with Crippen LogP contribution >= 0.6 is 0 Å². The Bertz CT molecular complexity index is 1130. The number of hydrogen-bond acceptors (Lipinski definition) is 5. The Morgan fingerprint density at radius 1 is 1.19 bits per heavy atom. The van der Waals surface area contributed by atoms with Crippen LogP contribution in [0.3, 0.4) is 0 Å². The normalized spacial score (nSPS) is 16.2. The van der Waals surface area contributed by atoms with E-state index in [0.29, 0.717) is 23.0 Å². The predicted molar refractivity (Wildman–Crippen MR) is 118 cm³/mol. The van der Waals surface area contributed by atoms with Crippen LogP contribution in [0, 0.1) is 5.92 Å². The number of hydrogen-bond donors (Lipinski definition) is 1. The molecule has 1 aliphatic carbocycles. The van der Waals surface area contributed by atoms with Crippen molar-refractivity contribution in [1.82, 2.24) is 19.4 Å². The van der Waals surface area contributed by atoms with Crippen LogP contribution in [0.1, 0.15) is 29.9 Å². The number of ether oxygens (including phenoxy) is 2. The summed E-state index contributed by atoms with van der Waals surface area (Å²) in [5.74, 6) is 2.81. The highest BCUT2D eigenvalue weighted by atomic mass is 16.5. The first-order chi connectivity index (χ1) is 15.2. The molecule has 0 amide bonds. The minimum atomic E-state index is 0.0664. The molecule has 7 heteroatoms. The van der Waals surface area contributed by atoms with Crippen molar-refractivity contribution in [1.29, 1.82) is 0 Å². The van der Waals surface area contributed by atoms with Crippen LogP contribution in [-0.2, 0) is 26.1 Å². The van der Waals surface area contributed by atoms with Crippen molar-refractivity contribution in [2.45, 2.75) is 38.9 Å². The molecule has 1 saturated carbocycles. The summed E-state index contributed by atoms with van der Waals surface area (Å²) >= 11 is 0. The molecule has 0 saturated heterocycles. The third-order valence-corrected chi connectivity index (χ3v) is 6.31. The van der Waals surface area contributed by atoms with E-state index in [0.717, 1.165) is 44.0 Å². The van der Waals surface area contributed by atoms with Gasteiger partial charge in [-0.05, 0) is 36.5 Å². The predicted octanol–water partition coefficient (Wildman–Crippen LogP) is 3.22. The van der Waals surface area contributed by atoms with Crippen molar-refractivity contribution in [3.63, 3.8) is 0 Å². The van der Waals surface area contributed by atoms with Crippen LogP contribution in [-0.4, -0.2) is 40.2 Å². The lowest BCUT2D eigenvalue weighted by molar-refractivity contribution is 0.234. The molecule has 2 aromatic heterocycles. The lowest BCUT2D eigenvalue weighted by Gasteiger charge is -2.30. The highest BCUT2D eigenvalue weighted by molar-refractivity contribution is 5.74. The molecule has 1 aromatic carbocycles. The van der Waals surface area contributed by atoms with Gasteiger partial charge in [-0.25, -0.2) is 4.98 Å². The molecule has 162 valence electrons. The van der Waals surface area contributed by atoms with E-state index in [1.54, 1.807) is 20.4 Å². The summed E-state index contributed by atoms with van der Waals surface area (Å²) in [6.07, 6.45) is 6.92. The van der Waals surface area contributed by atoms with Gasteiger partial charge in [-0.3, -0.25) is 9.69 Å². The molecule has 3 heterocycles. The second-order valence-corrected chi connectivity index (χ2v) is 8.43. The van der Waals surface area contributed by atoms with Gasteiger partial charge in [-0.2, -0.15) is 0 Å². The number of pyridine rings is 1. The van der Waals surface area contributed by atoms with Gasteiger partial charge in [0.25, 0.3) is 5.56 Å². The van der Waals surface area contributed by atoms with Gasteiger partial charge in [-0.1, -0.05) is 12.1 Å². The highest BCUT2D eigenvalue weighted by Gasteiger charge is 2.28. The molecule has 31 heavy (non-hydrogen) atoms. The Morgan fingerprint density at radius 2 is 2.06 bits per heavy atom. The SMILES string of the molecule is COc1cccc(-c2cc3c(n(CC4CC4)c2=O)CCN(Cc2ncc[nH]2)C3)c1OC. The zero-order valence-corrected chi connectivity index (χ0v) is 18.1. The number of nitrogens with one attached hydrogen (secondary N) is 1. The van der Waals surface area contributed by atoms with Crippen LogP contribution in [0.4, 0.5) is 0 Å². The molecule has 0 atom stereocenters. The van der Waals surface area contributed by atoms with Gasteiger partial charge in [0, 0.05) is 49.7 Å². The molecule has 5 rings (SSSR count). The van der Waals surface area contributed by atoms with Crippen molar-refractivity contribution in [3.8, 4) is 22.6 Å². The molecule has 0 bridgehead atoms. The van der Waals surface area contributed by atoms with E-state index in [4.69, 9.17) is 9.47 Å². The van der Waals surface area contributed by atoms with Crippen LogP contribution in [0.25, 0.3) is 11.1 Å². The summed E-state index contributed by atoms with van der Waals surface area (Å²) in [6, 6.07) is 7.76.